The molecule has 160 valence electrons. The van der Waals surface area contributed by atoms with Crippen LogP contribution in [0.15, 0.2) is 61.2 Å². The third kappa shape index (κ3) is 5.21. The molecule has 8 heteroatoms. The van der Waals surface area contributed by atoms with Gasteiger partial charge in [0, 0.05) is 25.5 Å². The summed E-state index contributed by atoms with van der Waals surface area (Å²) in [6, 6.07) is 13.4. The molecule has 0 aliphatic rings. The van der Waals surface area contributed by atoms with Gasteiger partial charge >= 0.3 is 0 Å². The van der Waals surface area contributed by atoms with Gasteiger partial charge in [-0.1, -0.05) is 29.0 Å². The van der Waals surface area contributed by atoms with Gasteiger partial charge in [0.1, 0.15) is 11.5 Å². The van der Waals surface area contributed by atoms with E-state index in [-0.39, 0.29) is 12.5 Å². The lowest BCUT2D eigenvalue weighted by Gasteiger charge is -2.20. The number of aromatic nitrogens is 3. The summed E-state index contributed by atoms with van der Waals surface area (Å²) in [4.78, 5) is 23.6. The number of carbonyl (C=O) groups excluding carboxylic acids is 1. The molecule has 0 aliphatic heterocycles. The first-order valence-electron chi connectivity index (χ1n) is 10.0. The van der Waals surface area contributed by atoms with Crippen molar-refractivity contribution in [1.29, 1.82) is 0 Å². The van der Waals surface area contributed by atoms with Gasteiger partial charge in [0.15, 0.2) is 11.7 Å². The summed E-state index contributed by atoms with van der Waals surface area (Å²) in [5.74, 6) is 1.31. The van der Waals surface area contributed by atoms with Gasteiger partial charge in [-0.25, -0.2) is 9.97 Å². The number of nitrogens with zero attached hydrogens (tertiary/aromatic N) is 4. The number of hydrogen-bond acceptors (Lipinski definition) is 6. The van der Waals surface area contributed by atoms with E-state index in [1.54, 1.807) is 24.5 Å². The predicted octanol–water partition coefficient (Wildman–Crippen LogP) is 4.31. The van der Waals surface area contributed by atoms with Crippen molar-refractivity contribution in [3.05, 3.63) is 66.7 Å². The summed E-state index contributed by atoms with van der Waals surface area (Å²) >= 11 is 1.47. The lowest BCUT2D eigenvalue weighted by molar-refractivity contribution is -0.120. The summed E-state index contributed by atoms with van der Waals surface area (Å²) in [7, 11) is 1.64. The topological polar surface area (TPSA) is 69.5 Å². The number of benzene rings is 2. The van der Waals surface area contributed by atoms with E-state index in [4.69, 9.17) is 9.47 Å². The number of hydrogen-bond donors (Lipinski definition) is 0. The standard InChI is InChI=1S/C23H24N4O3S/c1-17-4-6-18(7-5-17)30-15-22(28)27(12-3-11-26-13-10-24-16-26)23-25-20-9-8-19(29-2)14-21(20)31-23/h4-10,13-14,16H,3,11-12,15H2,1-2H3. The van der Waals surface area contributed by atoms with Crippen molar-refractivity contribution in [3.63, 3.8) is 0 Å². The molecule has 0 unspecified atom stereocenters. The average Bonchev–Trinajstić information content (AvgIpc) is 3.45. The van der Waals surface area contributed by atoms with Gasteiger partial charge in [-0.3, -0.25) is 9.69 Å². The van der Waals surface area contributed by atoms with Crippen molar-refractivity contribution in [1.82, 2.24) is 14.5 Å². The van der Waals surface area contributed by atoms with Crippen LogP contribution in [-0.2, 0) is 11.3 Å². The number of fused-ring (bicyclic) bond motifs is 1. The van der Waals surface area contributed by atoms with Crippen molar-refractivity contribution in [2.24, 2.45) is 0 Å². The molecular weight excluding hydrogens is 412 g/mol. The fourth-order valence-electron chi connectivity index (χ4n) is 3.15. The summed E-state index contributed by atoms with van der Waals surface area (Å²) in [6.07, 6.45) is 6.21. The van der Waals surface area contributed by atoms with Crippen LogP contribution in [0.1, 0.15) is 12.0 Å². The summed E-state index contributed by atoms with van der Waals surface area (Å²) < 4.78 is 14.0. The van der Waals surface area contributed by atoms with Crippen LogP contribution in [-0.4, -0.2) is 40.7 Å². The van der Waals surface area contributed by atoms with Gasteiger partial charge < -0.3 is 14.0 Å². The quantitative estimate of drug-likeness (QED) is 0.391. The number of imidazole rings is 1. The zero-order chi connectivity index (χ0) is 21.6. The molecule has 4 aromatic rings. The fraction of sp³-hybridized carbons (Fsp3) is 0.261. The third-order valence-corrected chi connectivity index (χ3v) is 5.90. The Morgan fingerprint density at radius 1 is 1.16 bits per heavy atom. The van der Waals surface area contributed by atoms with E-state index >= 15 is 0 Å². The molecule has 4 rings (SSSR count). The second kappa shape index (κ2) is 9.61. The smallest absolute Gasteiger partial charge is 0.266 e. The molecule has 0 N–H and O–H groups in total. The highest BCUT2D eigenvalue weighted by Crippen LogP contribution is 2.31. The molecule has 31 heavy (non-hydrogen) atoms. The molecule has 0 fully saturated rings. The van der Waals surface area contributed by atoms with Crippen molar-refractivity contribution >= 4 is 32.6 Å². The maximum atomic E-state index is 13.1. The molecule has 1 amide bonds. The summed E-state index contributed by atoms with van der Waals surface area (Å²) in [5, 5.41) is 0.659. The zero-order valence-electron chi connectivity index (χ0n) is 17.5. The van der Waals surface area contributed by atoms with Crippen LogP contribution >= 0.6 is 11.3 Å². The van der Waals surface area contributed by atoms with Crippen LogP contribution in [0.5, 0.6) is 11.5 Å². The third-order valence-electron chi connectivity index (χ3n) is 4.86. The second-order valence-electron chi connectivity index (χ2n) is 7.13. The lowest BCUT2D eigenvalue weighted by atomic mass is 10.2. The Labute approximate surface area is 184 Å². The molecule has 0 bridgehead atoms. The Morgan fingerprint density at radius 3 is 2.71 bits per heavy atom. The lowest BCUT2D eigenvalue weighted by Crippen LogP contribution is -2.36. The molecule has 0 radical (unpaired) electrons. The number of amides is 1. The van der Waals surface area contributed by atoms with Crippen molar-refractivity contribution in [2.75, 3.05) is 25.2 Å². The highest BCUT2D eigenvalue weighted by molar-refractivity contribution is 7.22. The van der Waals surface area contributed by atoms with E-state index in [1.165, 1.54) is 11.3 Å². The van der Waals surface area contributed by atoms with Gasteiger partial charge in [-0.2, -0.15) is 0 Å². The SMILES string of the molecule is COc1ccc2nc(N(CCCn3ccnc3)C(=O)COc3ccc(C)cc3)sc2c1. The van der Waals surface area contributed by atoms with Gasteiger partial charge in [0.05, 0.1) is 23.7 Å². The van der Waals surface area contributed by atoms with Gasteiger partial charge in [0.2, 0.25) is 0 Å². The Balaban J connectivity index is 1.51. The number of anilines is 1. The van der Waals surface area contributed by atoms with Crippen molar-refractivity contribution in [3.8, 4) is 11.5 Å². The first-order valence-corrected chi connectivity index (χ1v) is 10.8. The Hall–Kier alpha value is -3.39. The average molecular weight is 437 g/mol. The van der Waals surface area contributed by atoms with Gasteiger partial charge in [-0.05, 0) is 43.7 Å². The van der Waals surface area contributed by atoms with E-state index in [1.807, 2.05) is 60.2 Å². The van der Waals surface area contributed by atoms with Crippen molar-refractivity contribution in [2.45, 2.75) is 19.9 Å². The number of ether oxygens (including phenoxy) is 2. The van der Waals surface area contributed by atoms with Crippen LogP contribution < -0.4 is 14.4 Å². The Morgan fingerprint density at radius 2 is 1.97 bits per heavy atom. The highest BCUT2D eigenvalue weighted by Gasteiger charge is 2.20. The minimum Gasteiger partial charge on any atom is -0.497 e. The maximum absolute atomic E-state index is 13.1. The largest absolute Gasteiger partial charge is 0.497 e. The van der Waals surface area contributed by atoms with E-state index < -0.39 is 0 Å². The van der Waals surface area contributed by atoms with E-state index in [0.29, 0.717) is 17.4 Å². The highest BCUT2D eigenvalue weighted by atomic mass is 32.1. The predicted molar refractivity (Wildman–Crippen MR) is 122 cm³/mol. The molecule has 7 nitrogen and oxygen atoms in total. The molecule has 2 aromatic heterocycles. The molecule has 0 atom stereocenters. The Kier molecular flexibility index (Phi) is 6.47. The van der Waals surface area contributed by atoms with Gasteiger partial charge in [-0.15, -0.1) is 0 Å². The molecule has 0 spiro atoms. The number of rotatable bonds is 9. The molecule has 0 saturated carbocycles. The van der Waals surface area contributed by atoms with Crippen LogP contribution in [0.25, 0.3) is 10.2 Å². The van der Waals surface area contributed by atoms with Gasteiger partial charge in [0.25, 0.3) is 5.91 Å². The minimum absolute atomic E-state index is 0.0482. The summed E-state index contributed by atoms with van der Waals surface area (Å²) in [5.41, 5.74) is 1.98. The second-order valence-corrected chi connectivity index (χ2v) is 8.14. The zero-order valence-corrected chi connectivity index (χ0v) is 18.3. The molecule has 2 aromatic carbocycles. The van der Waals surface area contributed by atoms with E-state index in [2.05, 4.69) is 9.97 Å². The molecule has 0 saturated heterocycles. The van der Waals surface area contributed by atoms with Crippen LogP contribution in [0.4, 0.5) is 5.13 Å². The first kappa shape index (κ1) is 20.9. The van der Waals surface area contributed by atoms with Crippen LogP contribution in [0.3, 0.4) is 0 Å². The van der Waals surface area contributed by atoms with E-state index in [9.17, 15) is 4.79 Å². The van der Waals surface area contributed by atoms with Crippen LogP contribution in [0.2, 0.25) is 0 Å². The normalized spacial score (nSPS) is 10.9. The monoisotopic (exact) mass is 436 g/mol. The van der Waals surface area contributed by atoms with E-state index in [0.717, 1.165) is 34.5 Å². The first-order chi connectivity index (χ1) is 15.1. The Bertz CT molecular complexity index is 1140. The fourth-order valence-corrected chi connectivity index (χ4v) is 4.19. The van der Waals surface area contributed by atoms with Crippen LogP contribution in [0, 0.1) is 6.92 Å². The number of aryl methyl sites for hydroxylation is 2. The number of carbonyl (C=O) groups is 1. The summed E-state index contributed by atoms with van der Waals surface area (Å²) in [6.45, 7) is 3.26. The van der Waals surface area contributed by atoms with Crippen molar-refractivity contribution < 1.29 is 14.3 Å². The molecule has 2 heterocycles. The minimum atomic E-state index is -0.128. The number of methoxy groups -OCH3 is 1. The number of thiazole rings is 1. The molecular formula is C23H24N4O3S. The maximum Gasteiger partial charge on any atom is 0.266 e. The molecule has 0 aliphatic carbocycles.